The SMILES string of the molecule is CN(C(=O)C(F)(F)F)C1COCC1C(=O)CBr. The average Bonchev–Trinajstić information content (AvgIpc) is 2.73. The van der Waals surface area contributed by atoms with E-state index >= 15 is 0 Å². The third-order valence-electron chi connectivity index (χ3n) is 2.66. The normalized spacial score (nSPS) is 24.8. The number of nitrogens with zero attached hydrogens (tertiary/aromatic N) is 1. The molecule has 1 fully saturated rings. The van der Waals surface area contributed by atoms with E-state index in [-0.39, 0.29) is 24.3 Å². The van der Waals surface area contributed by atoms with Gasteiger partial charge in [-0.15, -0.1) is 0 Å². The molecule has 2 atom stereocenters. The number of carbonyl (C=O) groups excluding carboxylic acids is 2. The van der Waals surface area contributed by atoms with E-state index in [4.69, 9.17) is 4.74 Å². The summed E-state index contributed by atoms with van der Waals surface area (Å²) in [7, 11) is 1.03. The maximum absolute atomic E-state index is 12.2. The van der Waals surface area contributed by atoms with E-state index in [2.05, 4.69) is 15.9 Å². The van der Waals surface area contributed by atoms with Gasteiger partial charge in [0.2, 0.25) is 0 Å². The first-order chi connectivity index (χ1) is 7.79. The van der Waals surface area contributed by atoms with Crippen molar-refractivity contribution in [1.29, 1.82) is 0 Å². The lowest BCUT2D eigenvalue weighted by Gasteiger charge is -2.27. The summed E-state index contributed by atoms with van der Waals surface area (Å²) in [6, 6.07) is -0.853. The van der Waals surface area contributed by atoms with Gasteiger partial charge in [-0.3, -0.25) is 9.59 Å². The van der Waals surface area contributed by atoms with Gasteiger partial charge in [-0.1, -0.05) is 15.9 Å². The molecule has 0 N–H and O–H groups in total. The summed E-state index contributed by atoms with van der Waals surface area (Å²) < 4.78 is 41.7. The minimum atomic E-state index is -4.93. The fourth-order valence-corrected chi connectivity index (χ4v) is 2.10. The van der Waals surface area contributed by atoms with Gasteiger partial charge in [0.15, 0.2) is 5.78 Å². The largest absolute Gasteiger partial charge is 0.471 e. The van der Waals surface area contributed by atoms with Crippen molar-refractivity contribution in [1.82, 2.24) is 4.90 Å². The van der Waals surface area contributed by atoms with E-state index in [1.807, 2.05) is 0 Å². The van der Waals surface area contributed by atoms with Crippen LogP contribution < -0.4 is 0 Å². The van der Waals surface area contributed by atoms with Crippen LogP contribution in [0.1, 0.15) is 0 Å². The second-order valence-electron chi connectivity index (χ2n) is 3.73. The molecule has 4 nitrogen and oxygen atoms in total. The summed E-state index contributed by atoms with van der Waals surface area (Å²) in [5, 5.41) is 0.0333. The molecular formula is C9H11BrF3NO3. The lowest BCUT2D eigenvalue weighted by molar-refractivity contribution is -0.186. The quantitative estimate of drug-likeness (QED) is 0.729. The van der Waals surface area contributed by atoms with E-state index < -0.39 is 24.0 Å². The third-order valence-corrected chi connectivity index (χ3v) is 3.21. The van der Waals surface area contributed by atoms with Crippen molar-refractivity contribution in [2.24, 2.45) is 5.92 Å². The first kappa shape index (κ1) is 14.4. The van der Waals surface area contributed by atoms with E-state index in [0.717, 1.165) is 7.05 Å². The number of hydrogen-bond donors (Lipinski definition) is 0. The summed E-state index contributed by atoms with van der Waals surface area (Å²) in [5.41, 5.74) is 0. The molecule has 0 aromatic carbocycles. The maximum Gasteiger partial charge on any atom is 0.471 e. The molecular weight excluding hydrogens is 307 g/mol. The zero-order valence-electron chi connectivity index (χ0n) is 8.96. The highest BCUT2D eigenvalue weighted by atomic mass is 79.9. The van der Waals surface area contributed by atoms with Gasteiger partial charge in [0.1, 0.15) is 0 Å². The number of rotatable bonds is 3. The Morgan fingerprint density at radius 2 is 2.00 bits per heavy atom. The van der Waals surface area contributed by atoms with Gasteiger partial charge < -0.3 is 9.64 Å². The van der Waals surface area contributed by atoms with Gasteiger partial charge in [-0.2, -0.15) is 13.2 Å². The Kier molecular flexibility index (Phi) is 4.54. The van der Waals surface area contributed by atoms with Gasteiger partial charge in [0, 0.05) is 7.05 Å². The average molecular weight is 318 g/mol. The number of amides is 1. The Morgan fingerprint density at radius 1 is 1.41 bits per heavy atom. The number of likely N-dealkylation sites (N-methyl/N-ethyl adjacent to an activating group) is 1. The van der Waals surface area contributed by atoms with Crippen LogP contribution in [0.4, 0.5) is 13.2 Å². The van der Waals surface area contributed by atoms with Gasteiger partial charge in [0.05, 0.1) is 30.5 Å². The number of alkyl halides is 4. The van der Waals surface area contributed by atoms with E-state index in [0.29, 0.717) is 4.90 Å². The molecule has 0 radical (unpaired) electrons. The van der Waals surface area contributed by atoms with E-state index in [1.54, 1.807) is 0 Å². The molecule has 0 bridgehead atoms. The molecule has 1 saturated heterocycles. The van der Waals surface area contributed by atoms with Crippen LogP contribution in [0.25, 0.3) is 0 Å². The van der Waals surface area contributed by atoms with Crippen molar-refractivity contribution in [3.63, 3.8) is 0 Å². The second kappa shape index (κ2) is 5.34. The van der Waals surface area contributed by atoms with Crippen LogP contribution >= 0.6 is 15.9 Å². The van der Waals surface area contributed by atoms with E-state index in [9.17, 15) is 22.8 Å². The summed E-state index contributed by atoms with van der Waals surface area (Å²) in [6.07, 6.45) is -4.93. The van der Waals surface area contributed by atoms with Gasteiger partial charge >= 0.3 is 12.1 Å². The highest BCUT2D eigenvalue weighted by Crippen LogP contribution is 2.25. The Hall–Kier alpha value is -0.630. The molecule has 1 aliphatic rings. The van der Waals surface area contributed by atoms with Crippen LogP contribution in [0.3, 0.4) is 0 Å². The summed E-state index contributed by atoms with van der Waals surface area (Å²) >= 11 is 2.95. The predicted molar refractivity (Wildman–Crippen MR) is 55.7 cm³/mol. The number of carbonyl (C=O) groups is 2. The van der Waals surface area contributed by atoms with Crippen molar-refractivity contribution in [3.05, 3.63) is 0 Å². The van der Waals surface area contributed by atoms with E-state index in [1.165, 1.54) is 0 Å². The molecule has 17 heavy (non-hydrogen) atoms. The monoisotopic (exact) mass is 317 g/mol. The number of halogens is 4. The zero-order valence-corrected chi connectivity index (χ0v) is 10.5. The molecule has 1 heterocycles. The first-order valence-electron chi connectivity index (χ1n) is 4.79. The smallest absolute Gasteiger partial charge is 0.378 e. The zero-order chi connectivity index (χ0) is 13.2. The highest BCUT2D eigenvalue weighted by molar-refractivity contribution is 9.09. The first-order valence-corrected chi connectivity index (χ1v) is 5.91. The number of ketones is 1. The van der Waals surface area contributed by atoms with Gasteiger partial charge in [-0.05, 0) is 0 Å². The molecule has 0 spiro atoms. The van der Waals surface area contributed by atoms with Crippen LogP contribution in [0.15, 0.2) is 0 Å². The summed E-state index contributed by atoms with van der Waals surface area (Å²) in [4.78, 5) is 23.0. The fourth-order valence-electron chi connectivity index (χ4n) is 1.68. The van der Waals surface area contributed by atoms with Crippen LogP contribution in [0, 0.1) is 5.92 Å². The Balaban J connectivity index is 2.78. The molecule has 0 aromatic rings. The number of ether oxygens (including phenoxy) is 1. The molecule has 1 amide bonds. The van der Waals surface area contributed by atoms with Crippen LogP contribution in [0.2, 0.25) is 0 Å². The molecule has 0 aliphatic carbocycles. The topological polar surface area (TPSA) is 46.6 Å². The van der Waals surface area contributed by atoms with Crippen LogP contribution in [-0.2, 0) is 14.3 Å². The standard InChI is InChI=1S/C9H11BrF3NO3/c1-14(8(16)9(11,12)13)6-4-17-3-5(6)7(15)2-10/h5-6H,2-4H2,1H3. The number of hydrogen-bond acceptors (Lipinski definition) is 3. The molecule has 98 valence electrons. The van der Waals surface area contributed by atoms with Crippen molar-refractivity contribution in [3.8, 4) is 0 Å². The van der Waals surface area contributed by atoms with Crippen molar-refractivity contribution < 1.29 is 27.5 Å². The maximum atomic E-state index is 12.2. The molecule has 1 rings (SSSR count). The van der Waals surface area contributed by atoms with Crippen molar-refractivity contribution in [2.75, 3.05) is 25.6 Å². The van der Waals surface area contributed by atoms with Crippen molar-refractivity contribution in [2.45, 2.75) is 12.2 Å². The van der Waals surface area contributed by atoms with Crippen molar-refractivity contribution >= 4 is 27.6 Å². The Labute approximate surface area is 104 Å². The minimum absolute atomic E-state index is 0.0333. The van der Waals surface area contributed by atoms with Gasteiger partial charge in [0.25, 0.3) is 0 Å². The lowest BCUT2D eigenvalue weighted by Crippen LogP contribution is -2.49. The van der Waals surface area contributed by atoms with Crippen LogP contribution in [-0.4, -0.2) is 54.4 Å². The fraction of sp³-hybridized carbons (Fsp3) is 0.778. The molecule has 2 unspecified atom stereocenters. The summed E-state index contributed by atoms with van der Waals surface area (Å²) in [5.74, 6) is -2.93. The molecule has 8 heteroatoms. The number of Topliss-reactive ketones (excluding diaryl/α,β-unsaturated/α-hetero) is 1. The molecule has 1 aliphatic heterocycles. The predicted octanol–water partition coefficient (Wildman–Crippen LogP) is 0.986. The Bertz CT molecular complexity index is 321. The minimum Gasteiger partial charge on any atom is -0.378 e. The molecule has 0 saturated carbocycles. The second-order valence-corrected chi connectivity index (χ2v) is 4.29. The van der Waals surface area contributed by atoms with Gasteiger partial charge in [-0.25, -0.2) is 0 Å². The lowest BCUT2D eigenvalue weighted by atomic mass is 9.98. The highest BCUT2D eigenvalue weighted by Gasteiger charge is 2.47. The molecule has 0 aromatic heterocycles. The Morgan fingerprint density at radius 3 is 2.47 bits per heavy atom. The summed E-state index contributed by atoms with van der Waals surface area (Å²) in [6.45, 7) is -0.00764. The third kappa shape index (κ3) is 3.19. The van der Waals surface area contributed by atoms with Crippen LogP contribution in [0.5, 0.6) is 0 Å².